The average molecular weight is 1780 g/mol. The van der Waals surface area contributed by atoms with E-state index in [-0.39, 0.29) is 89.3 Å². The van der Waals surface area contributed by atoms with Gasteiger partial charge in [0.15, 0.2) is 0 Å². The van der Waals surface area contributed by atoms with Gasteiger partial charge in [0, 0.05) is 25.7 Å². The fourth-order valence-corrected chi connectivity index (χ4v) is 13.1. The van der Waals surface area contributed by atoms with Crippen LogP contribution in [-0.2, 0) is 110 Å². The molecule has 3 aromatic rings. The third-order valence-electron chi connectivity index (χ3n) is 20.1. The van der Waals surface area contributed by atoms with E-state index >= 15 is 0 Å². The predicted molar refractivity (Wildman–Crippen MR) is 465 cm³/mol. The molecule has 0 aliphatic carbocycles. The maximum atomic E-state index is 14.8. The van der Waals surface area contributed by atoms with Gasteiger partial charge in [-0.1, -0.05) is 139 Å². The standard InChI is InChI=1S/C85H131N21O21/c1-8-50(6)72(106-83(124)64(43-66(90)107)96-68(109)45-89)84(125)105-62(41-53-26-14-10-15-27-53)78(119)94-51(7)73(114)101-65(44-67(91)108)82(123)102-60(39-49(4)5)80(121)104-63(42-54-28-16-11-17-29-54)81(122)98-55(30-18-21-35-86)74(115)92-47-70(111)97-59(38-48(2)3)79(120)103-61(40-52-24-12-9-13-25-52)75(116)93-46-69(110)95-56(31-19-22-36-87)76(117)99-57(32-20-23-37-88)77(118)100-58(85(126)127)33-34-71(112)113/h9-17,24-29,48-51,55-65,72H,8,18-23,30-47,86-89H2,1-7H3,(H2,90,107)(H2,91,108)(H,92,115)(H,93,116)(H,94,119)(H,95,110)(H,96,109)(H,97,111)(H,98,122)(H,99,117)(H,100,118)(H,101,114)(H,102,123)(H,103,120)(H,104,121)(H,105,125)(H,106,124)(H,112,113)(H,126,127)/t50-,51-,55-,56-,57-,58-,59-,60-,61-,62-,63-,64-,65-,72-/m0/s1. The lowest BCUT2D eigenvalue weighted by atomic mass is 9.96. The molecule has 29 N–H and O–H groups in total. The molecule has 0 heterocycles. The van der Waals surface area contributed by atoms with Gasteiger partial charge in [-0.2, -0.15) is 0 Å². The summed E-state index contributed by atoms with van der Waals surface area (Å²) in [5, 5.41) is 56.9. The van der Waals surface area contributed by atoms with Crippen LogP contribution in [0.3, 0.4) is 0 Å². The van der Waals surface area contributed by atoms with Crippen molar-refractivity contribution in [1.29, 1.82) is 0 Å². The van der Waals surface area contributed by atoms with Crippen LogP contribution in [0.15, 0.2) is 91.0 Å². The average Bonchev–Trinajstić information content (AvgIpc) is 0.841. The van der Waals surface area contributed by atoms with Crippen molar-refractivity contribution < 1.29 is 101 Å². The summed E-state index contributed by atoms with van der Waals surface area (Å²) in [5.74, 6) is -19.8. The molecule has 0 radical (unpaired) electrons. The van der Waals surface area contributed by atoms with E-state index in [0.29, 0.717) is 55.2 Å². The number of nitrogens with one attached hydrogen (secondary N) is 15. The summed E-state index contributed by atoms with van der Waals surface area (Å²) < 4.78 is 0. The van der Waals surface area contributed by atoms with Gasteiger partial charge in [-0.25, -0.2) is 4.79 Å². The smallest absolute Gasteiger partial charge is 0.326 e. The lowest BCUT2D eigenvalue weighted by Gasteiger charge is -2.29. The predicted octanol–water partition coefficient (Wildman–Crippen LogP) is -4.55. The second-order valence-corrected chi connectivity index (χ2v) is 31.9. The number of hydrogen-bond donors (Lipinski definition) is 23. The SMILES string of the molecule is CC[C@H](C)[C@H](NC(=O)[C@H](CC(N)=O)NC(=O)CN)C(=O)N[C@@H](Cc1ccccc1)C(=O)N[C@@H](C)C(=O)N[C@@H](CC(N)=O)C(=O)N[C@@H](CC(C)C)C(=O)N[C@@H](Cc1ccccc1)C(=O)N[C@@H](CCCCN)C(=O)NCC(=O)N[C@@H](CC(C)C)C(=O)N[C@@H](Cc1ccccc1)C(=O)NCC(=O)N[C@@H](CCCCN)C(=O)N[C@@H](CCCCN)C(=O)N[C@@H](CCC(=O)O)C(=O)O. The largest absolute Gasteiger partial charge is 0.481 e. The Bertz CT molecular complexity index is 4130. The topological polar surface area (TPSA) is 701 Å². The zero-order valence-corrected chi connectivity index (χ0v) is 73.2. The minimum absolute atomic E-state index is 0.00493. The Morgan fingerprint density at radius 3 is 1.02 bits per heavy atom. The van der Waals surface area contributed by atoms with E-state index in [9.17, 15) is 96.2 Å². The van der Waals surface area contributed by atoms with E-state index in [4.69, 9.17) is 39.5 Å². The molecular weight excluding hydrogens is 1650 g/mol. The summed E-state index contributed by atoms with van der Waals surface area (Å²) in [4.78, 5) is 258. The van der Waals surface area contributed by atoms with Gasteiger partial charge in [0.2, 0.25) is 100 Å². The first-order valence-corrected chi connectivity index (χ1v) is 42.6. The fourth-order valence-electron chi connectivity index (χ4n) is 13.1. The Balaban J connectivity index is 1.88. The highest BCUT2D eigenvalue weighted by molar-refractivity contribution is 6.01. The van der Waals surface area contributed by atoms with Crippen LogP contribution in [0.4, 0.5) is 0 Å². The van der Waals surface area contributed by atoms with Crippen molar-refractivity contribution >= 4 is 112 Å². The van der Waals surface area contributed by atoms with Crippen LogP contribution in [0.5, 0.6) is 0 Å². The quantitative estimate of drug-likeness (QED) is 0.0237. The molecule has 42 nitrogen and oxygen atoms in total. The van der Waals surface area contributed by atoms with Gasteiger partial charge >= 0.3 is 11.9 Å². The van der Waals surface area contributed by atoms with Crippen molar-refractivity contribution in [2.24, 2.45) is 52.2 Å². The Morgan fingerprint density at radius 1 is 0.323 bits per heavy atom. The van der Waals surface area contributed by atoms with Gasteiger partial charge in [-0.3, -0.25) is 86.3 Å². The van der Waals surface area contributed by atoms with Crippen LogP contribution >= 0.6 is 0 Å². The number of carboxylic acid groups (broad SMARTS) is 2. The number of carboxylic acids is 2. The molecule has 0 spiro atoms. The van der Waals surface area contributed by atoms with Crippen molar-refractivity contribution in [2.75, 3.05) is 39.3 Å². The molecule has 0 bridgehead atoms. The Morgan fingerprint density at radius 2 is 0.630 bits per heavy atom. The molecule has 0 unspecified atom stereocenters. The van der Waals surface area contributed by atoms with E-state index in [1.165, 1.54) is 6.92 Å². The van der Waals surface area contributed by atoms with Crippen LogP contribution < -0.4 is 114 Å². The molecule has 0 aliphatic rings. The van der Waals surface area contributed by atoms with Crippen molar-refractivity contribution in [3.8, 4) is 0 Å². The molecule has 0 aliphatic heterocycles. The van der Waals surface area contributed by atoms with E-state index in [1.54, 1.807) is 133 Å². The molecule has 0 aromatic heterocycles. The Labute approximate surface area is 738 Å². The normalized spacial score (nSPS) is 14.4. The van der Waals surface area contributed by atoms with Crippen LogP contribution in [-0.4, -0.2) is 240 Å². The number of unbranched alkanes of at least 4 members (excludes halogenated alkanes) is 3. The molecule has 702 valence electrons. The number of primary amides is 2. The molecule has 0 saturated heterocycles. The molecule has 3 rings (SSSR count). The summed E-state index contributed by atoms with van der Waals surface area (Å²) >= 11 is 0. The highest BCUT2D eigenvalue weighted by Crippen LogP contribution is 2.17. The third kappa shape index (κ3) is 42.8. The minimum Gasteiger partial charge on any atom is -0.481 e. The van der Waals surface area contributed by atoms with Crippen LogP contribution in [0.1, 0.15) is 168 Å². The van der Waals surface area contributed by atoms with Gasteiger partial charge in [0.1, 0.15) is 78.5 Å². The maximum Gasteiger partial charge on any atom is 0.326 e. The molecule has 127 heavy (non-hydrogen) atoms. The van der Waals surface area contributed by atoms with E-state index < -0.39 is 242 Å². The zero-order chi connectivity index (χ0) is 94.8. The molecule has 17 amide bonds. The van der Waals surface area contributed by atoms with Crippen molar-refractivity contribution in [3.63, 3.8) is 0 Å². The number of hydrogen-bond acceptors (Lipinski definition) is 23. The Hall–Kier alpha value is -12.6. The van der Waals surface area contributed by atoms with Crippen molar-refractivity contribution in [2.45, 2.75) is 249 Å². The van der Waals surface area contributed by atoms with E-state index in [2.05, 4.69) is 79.8 Å². The highest BCUT2D eigenvalue weighted by atomic mass is 16.4. The highest BCUT2D eigenvalue weighted by Gasteiger charge is 2.39. The molecule has 14 atom stereocenters. The molecule has 42 heteroatoms. The molecule has 0 fully saturated rings. The summed E-state index contributed by atoms with van der Waals surface area (Å²) in [6.45, 7) is 10.1. The lowest BCUT2D eigenvalue weighted by molar-refractivity contribution is -0.143. The number of rotatable bonds is 62. The number of amides is 17. The minimum atomic E-state index is -1.80. The molecule has 3 aromatic carbocycles. The Kier molecular flexibility index (Phi) is 50.1. The monoisotopic (exact) mass is 1780 g/mol. The number of carbonyl (C=O) groups is 19. The van der Waals surface area contributed by atoms with Gasteiger partial charge in [0.25, 0.3) is 0 Å². The van der Waals surface area contributed by atoms with Crippen LogP contribution in [0, 0.1) is 17.8 Å². The number of benzene rings is 3. The number of carbonyl (C=O) groups excluding carboxylic acids is 17. The van der Waals surface area contributed by atoms with Gasteiger partial charge in [0.05, 0.1) is 32.5 Å². The first kappa shape index (κ1) is 109. The van der Waals surface area contributed by atoms with Gasteiger partial charge in [-0.15, -0.1) is 0 Å². The maximum absolute atomic E-state index is 14.8. The summed E-state index contributed by atoms with van der Waals surface area (Å²) in [6, 6.07) is 6.01. The summed E-state index contributed by atoms with van der Waals surface area (Å²) in [6.07, 6.45) is -0.884. The van der Waals surface area contributed by atoms with E-state index in [1.807, 2.05) is 0 Å². The third-order valence-corrected chi connectivity index (χ3v) is 20.1. The summed E-state index contributed by atoms with van der Waals surface area (Å²) in [7, 11) is 0. The van der Waals surface area contributed by atoms with Crippen molar-refractivity contribution in [3.05, 3.63) is 108 Å². The second-order valence-electron chi connectivity index (χ2n) is 31.9. The van der Waals surface area contributed by atoms with Gasteiger partial charge < -0.3 is 124 Å². The summed E-state index contributed by atoms with van der Waals surface area (Å²) in [5.41, 5.74) is 35.3. The lowest BCUT2D eigenvalue weighted by Crippen LogP contribution is -2.61. The van der Waals surface area contributed by atoms with Crippen molar-refractivity contribution in [1.82, 2.24) is 79.8 Å². The number of aliphatic carboxylic acids is 2. The first-order valence-electron chi connectivity index (χ1n) is 42.6. The first-order chi connectivity index (χ1) is 60.2. The fraction of sp³-hybridized carbons (Fsp3) is 0.565. The second kappa shape index (κ2) is 58.6. The number of nitrogens with two attached hydrogens (primary N) is 6. The molecular formula is C85H131N21O21. The molecule has 0 saturated carbocycles. The zero-order valence-electron chi connectivity index (χ0n) is 73.2. The van der Waals surface area contributed by atoms with Crippen LogP contribution in [0.2, 0.25) is 0 Å². The van der Waals surface area contributed by atoms with Crippen LogP contribution in [0.25, 0.3) is 0 Å². The van der Waals surface area contributed by atoms with E-state index in [0.717, 1.165) is 0 Å². The van der Waals surface area contributed by atoms with Gasteiger partial charge in [-0.05, 0) is 138 Å².